The first-order valence-electron chi connectivity index (χ1n) is 4.85. The van der Waals surface area contributed by atoms with E-state index in [2.05, 4.69) is 0 Å². The molecule has 2 nitrogen and oxygen atoms in total. The third kappa shape index (κ3) is 3.15. The minimum atomic E-state index is -0.936. The molecule has 0 aromatic heterocycles. The van der Waals surface area contributed by atoms with Gasteiger partial charge in [0.2, 0.25) is 0 Å². The molecule has 0 aliphatic carbocycles. The van der Waals surface area contributed by atoms with Crippen LogP contribution in [0.2, 0.25) is 0 Å². The molecule has 1 aromatic rings. The highest BCUT2D eigenvalue weighted by molar-refractivity contribution is 5.90. The van der Waals surface area contributed by atoms with Crippen molar-refractivity contribution < 1.29 is 18.3 Å². The Balaban J connectivity index is 2.91. The molecule has 86 valence electrons. The summed E-state index contributed by atoms with van der Waals surface area (Å²) >= 11 is 0. The van der Waals surface area contributed by atoms with Gasteiger partial charge >= 0.3 is 5.97 Å². The molecular formula is C12H12F2O2. The van der Waals surface area contributed by atoms with Crippen molar-refractivity contribution in [1.82, 2.24) is 0 Å². The molecule has 0 spiro atoms. The molecule has 0 saturated carbocycles. The van der Waals surface area contributed by atoms with Crippen LogP contribution in [0.4, 0.5) is 8.78 Å². The van der Waals surface area contributed by atoms with Gasteiger partial charge in [-0.15, -0.1) is 0 Å². The number of hydrogen-bond donors (Lipinski definition) is 0. The Morgan fingerprint density at radius 3 is 2.62 bits per heavy atom. The summed E-state index contributed by atoms with van der Waals surface area (Å²) in [5.74, 6) is -2.34. The molecule has 0 saturated heterocycles. The monoisotopic (exact) mass is 226 g/mol. The van der Waals surface area contributed by atoms with Gasteiger partial charge in [0, 0.05) is 6.08 Å². The molecule has 0 heterocycles. The molecule has 0 aliphatic heterocycles. The van der Waals surface area contributed by atoms with Gasteiger partial charge in [-0.3, -0.25) is 0 Å². The zero-order chi connectivity index (χ0) is 12.1. The zero-order valence-electron chi connectivity index (χ0n) is 9.09. The number of esters is 1. The first kappa shape index (κ1) is 12.4. The summed E-state index contributed by atoms with van der Waals surface area (Å²) < 4.78 is 30.3. The predicted octanol–water partition coefficient (Wildman–Crippen LogP) is 2.93. The fraction of sp³-hybridized carbons (Fsp3) is 0.250. The van der Waals surface area contributed by atoms with Gasteiger partial charge in [-0.1, -0.05) is 6.07 Å². The van der Waals surface area contributed by atoms with Crippen LogP contribution in [0.25, 0.3) is 5.57 Å². The number of rotatable bonds is 3. The van der Waals surface area contributed by atoms with Gasteiger partial charge in [0.1, 0.15) is 0 Å². The van der Waals surface area contributed by atoms with E-state index in [1.807, 2.05) is 0 Å². The van der Waals surface area contributed by atoms with Gasteiger partial charge in [-0.2, -0.15) is 0 Å². The van der Waals surface area contributed by atoms with E-state index in [1.165, 1.54) is 12.1 Å². The van der Waals surface area contributed by atoms with Crippen LogP contribution in [0.15, 0.2) is 24.3 Å². The molecule has 0 bridgehead atoms. The maximum atomic E-state index is 12.9. The number of carbonyl (C=O) groups excluding carboxylic acids is 1. The van der Waals surface area contributed by atoms with Gasteiger partial charge in [-0.05, 0) is 37.1 Å². The fourth-order valence-electron chi connectivity index (χ4n) is 1.19. The van der Waals surface area contributed by atoms with Crippen LogP contribution in [0.1, 0.15) is 19.4 Å². The second kappa shape index (κ2) is 5.39. The molecule has 0 fully saturated rings. The van der Waals surface area contributed by atoms with Crippen LogP contribution in [0, 0.1) is 11.6 Å². The Kier molecular flexibility index (Phi) is 4.17. The first-order valence-corrected chi connectivity index (χ1v) is 4.85. The van der Waals surface area contributed by atoms with E-state index in [1.54, 1.807) is 13.8 Å². The van der Waals surface area contributed by atoms with Crippen LogP contribution in [0.3, 0.4) is 0 Å². The minimum absolute atomic E-state index is 0.278. The Labute approximate surface area is 92.5 Å². The average Bonchev–Trinajstić information content (AvgIpc) is 2.22. The highest BCUT2D eigenvalue weighted by Crippen LogP contribution is 2.16. The predicted molar refractivity (Wildman–Crippen MR) is 56.6 cm³/mol. The maximum absolute atomic E-state index is 12.9. The average molecular weight is 226 g/mol. The van der Waals surface area contributed by atoms with Crippen molar-refractivity contribution in [2.75, 3.05) is 6.61 Å². The molecule has 1 aromatic carbocycles. The topological polar surface area (TPSA) is 26.3 Å². The van der Waals surface area contributed by atoms with Gasteiger partial charge in [-0.25, -0.2) is 13.6 Å². The largest absolute Gasteiger partial charge is 0.463 e. The lowest BCUT2D eigenvalue weighted by Gasteiger charge is -2.02. The Hall–Kier alpha value is -1.71. The third-order valence-corrected chi connectivity index (χ3v) is 2.00. The van der Waals surface area contributed by atoms with Crippen LogP contribution in [0.5, 0.6) is 0 Å². The molecule has 0 atom stereocenters. The van der Waals surface area contributed by atoms with E-state index < -0.39 is 17.6 Å². The van der Waals surface area contributed by atoms with Crippen molar-refractivity contribution in [2.45, 2.75) is 13.8 Å². The summed E-state index contributed by atoms with van der Waals surface area (Å²) in [6.45, 7) is 3.60. The van der Waals surface area contributed by atoms with Gasteiger partial charge in [0.05, 0.1) is 6.61 Å². The molecular weight excluding hydrogens is 214 g/mol. The van der Waals surface area contributed by atoms with Crippen molar-refractivity contribution in [3.8, 4) is 0 Å². The Morgan fingerprint density at radius 2 is 2.06 bits per heavy atom. The number of carbonyl (C=O) groups is 1. The molecule has 0 radical (unpaired) electrons. The Bertz CT molecular complexity index is 425. The van der Waals surface area contributed by atoms with Gasteiger partial charge in [0.15, 0.2) is 11.6 Å². The standard InChI is InChI=1S/C12H12F2O2/c1-3-16-12(15)6-8(2)9-4-5-10(13)11(14)7-9/h4-7H,3H2,1-2H3/b8-6-. The number of allylic oxidation sites excluding steroid dienone is 1. The summed E-state index contributed by atoms with van der Waals surface area (Å²) in [7, 11) is 0. The van der Waals surface area contributed by atoms with Crippen molar-refractivity contribution in [3.63, 3.8) is 0 Å². The highest BCUT2D eigenvalue weighted by atomic mass is 19.2. The normalized spacial score (nSPS) is 11.4. The summed E-state index contributed by atoms with van der Waals surface area (Å²) in [5.41, 5.74) is 0.976. The molecule has 4 heteroatoms. The van der Waals surface area contributed by atoms with Crippen LogP contribution < -0.4 is 0 Å². The summed E-state index contributed by atoms with van der Waals surface area (Å²) in [5, 5.41) is 0. The van der Waals surface area contributed by atoms with Crippen LogP contribution in [-0.2, 0) is 9.53 Å². The summed E-state index contributed by atoms with van der Waals surface area (Å²) in [6, 6.07) is 3.47. The van der Waals surface area contributed by atoms with Gasteiger partial charge < -0.3 is 4.74 Å². The second-order valence-electron chi connectivity index (χ2n) is 3.21. The summed E-state index contributed by atoms with van der Waals surface area (Å²) in [6.07, 6.45) is 1.25. The third-order valence-electron chi connectivity index (χ3n) is 2.00. The van der Waals surface area contributed by atoms with Crippen molar-refractivity contribution in [2.24, 2.45) is 0 Å². The number of halogens is 2. The fourth-order valence-corrected chi connectivity index (χ4v) is 1.19. The molecule has 0 amide bonds. The molecule has 1 rings (SSSR count). The zero-order valence-corrected chi connectivity index (χ0v) is 9.09. The maximum Gasteiger partial charge on any atom is 0.331 e. The molecule has 0 unspecified atom stereocenters. The van der Waals surface area contributed by atoms with Crippen molar-refractivity contribution >= 4 is 11.5 Å². The SMILES string of the molecule is CCOC(=O)/C=C(/C)c1ccc(F)c(F)c1. The van der Waals surface area contributed by atoms with E-state index in [4.69, 9.17) is 4.74 Å². The van der Waals surface area contributed by atoms with E-state index in [9.17, 15) is 13.6 Å². The van der Waals surface area contributed by atoms with Crippen LogP contribution in [-0.4, -0.2) is 12.6 Å². The molecule has 0 aliphatic rings. The van der Waals surface area contributed by atoms with E-state index >= 15 is 0 Å². The number of hydrogen-bond acceptors (Lipinski definition) is 2. The quantitative estimate of drug-likeness (QED) is 0.585. The smallest absolute Gasteiger partial charge is 0.331 e. The van der Waals surface area contributed by atoms with E-state index in [-0.39, 0.29) is 6.61 Å². The lowest BCUT2D eigenvalue weighted by atomic mass is 10.1. The Morgan fingerprint density at radius 1 is 1.38 bits per heavy atom. The van der Waals surface area contributed by atoms with Gasteiger partial charge in [0.25, 0.3) is 0 Å². The lowest BCUT2D eigenvalue weighted by Crippen LogP contribution is -2.00. The van der Waals surface area contributed by atoms with E-state index in [0.717, 1.165) is 12.1 Å². The summed E-state index contributed by atoms with van der Waals surface area (Å²) in [4.78, 5) is 11.1. The van der Waals surface area contributed by atoms with Crippen molar-refractivity contribution in [3.05, 3.63) is 41.5 Å². The van der Waals surface area contributed by atoms with Crippen molar-refractivity contribution in [1.29, 1.82) is 0 Å². The van der Waals surface area contributed by atoms with E-state index in [0.29, 0.717) is 11.1 Å². The second-order valence-corrected chi connectivity index (χ2v) is 3.21. The minimum Gasteiger partial charge on any atom is -0.463 e. The number of benzene rings is 1. The first-order chi connectivity index (χ1) is 7.54. The highest BCUT2D eigenvalue weighted by Gasteiger charge is 2.05. The van der Waals surface area contributed by atoms with Crippen LogP contribution >= 0.6 is 0 Å². The molecule has 16 heavy (non-hydrogen) atoms. The lowest BCUT2D eigenvalue weighted by molar-refractivity contribution is -0.137. The number of ether oxygens (including phenoxy) is 1. The molecule has 0 N–H and O–H groups in total.